The average molecular weight is 473 g/mol. The van der Waals surface area contributed by atoms with Crippen LogP contribution in [0.1, 0.15) is 23.7 Å². The van der Waals surface area contributed by atoms with Crippen LogP contribution in [0.3, 0.4) is 0 Å². The summed E-state index contributed by atoms with van der Waals surface area (Å²) in [5, 5.41) is 7.92. The normalized spacial score (nSPS) is 14.7. The molecule has 2 aromatic heterocycles. The lowest BCUT2D eigenvalue weighted by atomic mass is 10.2. The number of benzene rings is 1. The van der Waals surface area contributed by atoms with E-state index < -0.39 is 5.91 Å². The van der Waals surface area contributed by atoms with E-state index in [0.29, 0.717) is 53.3 Å². The predicted octanol–water partition coefficient (Wildman–Crippen LogP) is 2.33. The van der Waals surface area contributed by atoms with Gasteiger partial charge in [-0.15, -0.1) is 0 Å². The first kappa shape index (κ1) is 23.5. The van der Waals surface area contributed by atoms with E-state index in [4.69, 9.17) is 14.6 Å². The fourth-order valence-electron chi connectivity index (χ4n) is 3.86. The molecule has 0 aliphatic carbocycles. The molecule has 1 N–H and O–H groups in total. The number of rotatable bonds is 6. The van der Waals surface area contributed by atoms with Crippen molar-refractivity contribution in [3.8, 4) is 23.3 Å². The number of carbonyl (C=O) groups is 2. The molecule has 3 heterocycles. The van der Waals surface area contributed by atoms with Crippen molar-refractivity contribution in [2.75, 3.05) is 32.6 Å². The SMILES string of the molecule is C=CC(=O)Nc1ncnc2c1c(C#Cc1cc(OC)cc(OC)c1)nn2[C@H]1CCN(C(=O)C=C)C1. The summed E-state index contributed by atoms with van der Waals surface area (Å²) in [6.07, 6.45) is 4.50. The predicted molar refractivity (Wildman–Crippen MR) is 130 cm³/mol. The Labute approximate surface area is 202 Å². The number of hydrogen-bond donors (Lipinski definition) is 1. The molecule has 1 aliphatic heterocycles. The fourth-order valence-corrected chi connectivity index (χ4v) is 3.86. The van der Waals surface area contributed by atoms with Crippen LogP contribution in [0.5, 0.6) is 11.5 Å². The molecule has 0 radical (unpaired) electrons. The number of nitrogens with zero attached hydrogens (tertiary/aromatic N) is 5. The highest BCUT2D eigenvalue weighted by Crippen LogP contribution is 2.30. The van der Waals surface area contributed by atoms with Gasteiger partial charge in [0.25, 0.3) is 0 Å². The molecular formula is C25H24N6O4. The Hall–Kier alpha value is -4.65. The third-order valence-corrected chi connectivity index (χ3v) is 5.59. The summed E-state index contributed by atoms with van der Waals surface area (Å²) in [5.74, 6) is 7.09. The molecule has 3 aromatic rings. The number of amides is 2. The lowest BCUT2D eigenvalue weighted by molar-refractivity contribution is -0.125. The van der Waals surface area contributed by atoms with Crippen molar-refractivity contribution in [1.29, 1.82) is 0 Å². The summed E-state index contributed by atoms with van der Waals surface area (Å²) in [7, 11) is 3.13. The number of anilines is 1. The second kappa shape index (κ2) is 10.1. The van der Waals surface area contributed by atoms with Crippen molar-refractivity contribution in [2.45, 2.75) is 12.5 Å². The van der Waals surface area contributed by atoms with Crippen LogP contribution >= 0.6 is 0 Å². The molecule has 35 heavy (non-hydrogen) atoms. The van der Waals surface area contributed by atoms with Crippen molar-refractivity contribution in [3.63, 3.8) is 0 Å². The Morgan fingerprint density at radius 3 is 2.51 bits per heavy atom. The topological polar surface area (TPSA) is 111 Å². The van der Waals surface area contributed by atoms with Gasteiger partial charge in [0.2, 0.25) is 11.8 Å². The van der Waals surface area contributed by atoms with E-state index in [-0.39, 0.29) is 17.8 Å². The van der Waals surface area contributed by atoms with E-state index in [2.05, 4.69) is 40.3 Å². The second-order valence-corrected chi connectivity index (χ2v) is 7.69. The van der Waals surface area contributed by atoms with E-state index in [1.807, 2.05) is 0 Å². The van der Waals surface area contributed by atoms with Crippen LogP contribution in [0.2, 0.25) is 0 Å². The van der Waals surface area contributed by atoms with Crippen molar-refractivity contribution in [3.05, 3.63) is 61.1 Å². The largest absolute Gasteiger partial charge is 0.497 e. The summed E-state index contributed by atoms with van der Waals surface area (Å²) < 4.78 is 12.4. The van der Waals surface area contributed by atoms with Crippen LogP contribution in [0.4, 0.5) is 5.82 Å². The molecule has 1 saturated heterocycles. The number of likely N-dealkylation sites (tertiary alicyclic amines) is 1. The lowest BCUT2D eigenvalue weighted by Gasteiger charge is -2.14. The molecule has 0 saturated carbocycles. The Bertz CT molecular complexity index is 1360. The third-order valence-electron chi connectivity index (χ3n) is 5.59. The Kier molecular flexibility index (Phi) is 6.78. The summed E-state index contributed by atoms with van der Waals surface area (Å²) in [6.45, 7) is 8.09. The van der Waals surface area contributed by atoms with Gasteiger partial charge < -0.3 is 19.7 Å². The molecule has 4 rings (SSSR count). The van der Waals surface area contributed by atoms with Crippen LogP contribution < -0.4 is 14.8 Å². The second-order valence-electron chi connectivity index (χ2n) is 7.69. The zero-order chi connectivity index (χ0) is 24.9. The smallest absolute Gasteiger partial charge is 0.248 e. The van der Waals surface area contributed by atoms with Crippen LogP contribution in [-0.2, 0) is 9.59 Å². The number of hydrogen-bond acceptors (Lipinski definition) is 7. The number of fused-ring (bicyclic) bond motifs is 1. The molecule has 0 unspecified atom stereocenters. The third kappa shape index (κ3) is 4.84. The number of ether oxygens (including phenoxy) is 2. The van der Waals surface area contributed by atoms with E-state index in [0.717, 1.165) is 6.08 Å². The lowest BCUT2D eigenvalue weighted by Crippen LogP contribution is -2.27. The van der Waals surface area contributed by atoms with Crippen molar-refractivity contribution in [1.82, 2.24) is 24.6 Å². The van der Waals surface area contributed by atoms with Gasteiger partial charge in [-0.1, -0.05) is 19.1 Å². The molecule has 1 fully saturated rings. The minimum Gasteiger partial charge on any atom is -0.497 e. The number of aromatic nitrogens is 4. The first-order chi connectivity index (χ1) is 17.0. The maximum absolute atomic E-state index is 12.1. The molecule has 1 aromatic carbocycles. The molecule has 0 spiro atoms. The average Bonchev–Trinajstić information content (AvgIpc) is 3.52. The molecule has 10 heteroatoms. The zero-order valence-electron chi connectivity index (χ0n) is 19.4. The maximum Gasteiger partial charge on any atom is 0.248 e. The first-order valence-electron chi connectivity index (χ1n) is 10.8. The molecule has 1 atom stereocenters. The molecule has 178 valence electrons. The molecule has 1 aliphatic rings. The first-order valence-corrected chi connectivity index (χ1v) is 10.8. The van der Waals surface area contributed by atoms with Gasteiger partial charge in [0.1, 0.15) is 29.3 Å². The monoisotopic (exact) mass is 472 g/mol. The Morgan fingerprint density at radius 2 is 1.86 bits per heavy atom. The van der Waals surface area contributed by atoms with Crippen molar-refractivity contribution >= 4 is 28.7 Å². The van der Waals surface area contributed by atoms with Gasteiger partial charge in [-0.3, -0.25) is 9.59 Å². The highest BCUT2D eigenvalue weighted by molar-refractivity contribution is 6.04. The van der Waals surface area contributed by atoms with Crippen LogP contribution in [0, 0.1) is 11.8 Å². The summed E-state index contributed by atoms with van der Waals surface area (Å²) in [4.78, 5) is 34.5. The summed E-state index contributed by atoms with van der Waals surface area (Å²) >= 11 is 0. The van der Waals surface area contributed by atoms with Gasteiger partial charge in [-0.05, 0) is 36.6 Å². The van der Waals surface area contributed by atoms with Gasteiger partial charge in [-0.25, -0.2) is 14.6 Å². The molecule has 0 bridgehead atoms. The Morgan fingerprint density at radius 1 is 1.11 bits per heavy atom. The minimum atomic E-state index is -0.419. The minimum absolute atomic E-state index is 0.119. The summed E-state index contributed by atoms with van der Waals surface area (Å²) in [5.41, 5.74) is 1.54. The van der Waals surface area contributed by atoms with Crippen LogP contribution in [0.25, 0.3) is 11.0 Å². The Balaban J connectivity index is 1.82. The molecule has 2 amide bonds. The van der Waals surface area contributed by atoms with Gasteiger partial charge in [-0.2, -0.15) is 5.10 Å². The van der Waals surface area contributed by atoms with Gasteiger partial charge in [0.05, 0.1) is 25.6 Å². The van der Waals surface area contributed by atoms with Gasteiger partial charge in [0, 0.05) is 24.7 Å². The quantitative estimate of drug-likeness (QED) is 0.433. The zero-order valence-corrected chi connectivity index (χ0v) is 19.4. The van der Waals surface area contributed by atoms with E-state index in [9.17, 15) is 9.59 Å². The summed E-state index contributed by atoms with van der Waals surface area (Å²) in [6, 6.07) is 5.19. The van der Waals surface area contributed by atoms with Crippen molar-refractivity contribution in [2.24, 2.45) is 0 Å². The van der Waals surface area contributed by atoms with Crippen molar-refractivity contribution < 1.29 is 19.1 Å². The molecular weight excluding hydrogens is 448 g/mol. The number of methoxy groups -OCH3 is 2. The highest BCUT2D eigenvalue weighted by atomic mass is 16.5. The fraction of sp³-hybridized carbons (Fsp3) is 0.240. The van der Waals surface area contributed by atoms with E-state index in [1.54, 1.807) is 42.0 Å². The number of nitrogens with one attached hydrogen (secondary N) is 1. The molecule has 10 nitrogen and oxygen atoms in total. The van der Waals surface area contributed by atoms with Gasteiger partial charge in [0.15, 0.2) is 5.65 Å². The van der Waals surface area contributed by atoms with Gasteiger partial charge >= 0.3 is 0 Å². The van der Waals surface area contributed by atoms with E-state index in [1.165, 1.54) is 12.4 Å². The van der Waals surface area contributed by atoms with E-state index >= 15 is 0 Å². The maximum atomic E-state index is 12.1. The number of carbonyl (C=O) groups excluding carboxylic acids is 2. The van der Waals surface area contributed by atoms with Crippen LogP contribution in [-0.4, -0.2) is 63.8 Å². The highest BCUT2D eigenvalue weighted by Gasteiger charge is 2.29. The standard InChI is InChI=1S/C25H24N6O4/c1-5-21(32)28-24-23-20(8-7-16-11-18(34-3)13-19(12-16)35-4)29-31(25(23)27-15-26-24)17-9-10-30(14-17)22(33)6-2/h5-6,11-13,15,17H,1-2,9-10,14H2,3-4H3,(H,26,27,28,32)/t17-/m0/s1. The van der Waals surface area contributed by atoms with Crippen LogP contribution in [0.15, 0.2) is 49.8 Å².